The van der Waals surface area contributed by atoms with Gasteiger partial charge in [0.1, 0.15) is 0 Å². The number of benzene rings is 2. The summed E-state index contributed by atoms with van der Waals surface area (Å²) in [5.74, 6) is 0.353. The van der Waals surface area contributed by atoms with Gasteiger partial charge in [0.15, 0.2) is 0 Å². The van der Waals surface area contributed by atoms with E-state index in [0.29, 0.717) is 38.4 Å². The van der Waals surface area contributed by atoms with Gasteiger partial charge in [-0.15, -0.1) is 0 Å². The molecule has 0 aliphatic rings. The second-order valence-corrected chi connectivity index (χ2v) is 7.10. The number of ketones is 1. The second-order valence-electron chi connectivity index (χ2n) is 4.43. The van der Waals surface area contributed by atoms with E-state index in [2.05, 4.69) is 48.5 Å². The molecule has 2 rings (SSSR count). The van der Waals surface area contributed by atoms with Crippen molar-refractivity contribution in [2.75, 3.05) is 0 Å². The molecule has 1 unspecified atom stereocenters. The first-order chi connectivity index (χ1) is 9.29. The number of hydrogen-bond acceptors (Lipinski definition) is 1. The number of carbonyl (C=O) groups is 1. The summed E-state index contributed by atoms with van der Waals surface area (Å²) in [4.78, 5) is 12.1. The number of hydrogen-bond donors (Lipinski definition) is 0. The first kappa shape index (κ1) is 14.0. The second kappa shape index (κ2) is 7.28. The maximum atomic E-state index is 11.8. The van der Waals surface area contributed by atoms with Gasteiger partial charge in [0.25, 0.3) is 0 Å². The minimum absolute atomic E-state index is 0.299. The molecular formula is C17H18OSe. The molecule has 19 heavy (non-hydrogen) atoms. The number of carbonyl (C=O) groups excluding carboxylic acids is 1. The standard InChI is InChI=1S/C17H18OSe/c1-2-15(18)13-17(14-9-5-3-6-10-14)19-16-11-7-4-8-12-16/h3-12,17H,2,13H2,1H3. The summed E-state index contributed by atoms with van der Waals surface area (Å²) >= 11 is 0.299. The summed E-state index contributed by atoms with van der Waals surface area (Å²) in [6, 6.07) is 20.9. The van der Waals surface area contributed by atoms with Gasteiger partial charge in [0, 0.05) is 0 Å². The third kappa shape index (κ3) is 4.34. The average molecular weight is 317 g/mol. The molecular weight excluding hydrogens is 299 g/mol. The first-order valence-corrected chi connectivity index (χ1v) is 8.42. The van der Waals surface area contributed by atoms with E-state index >= 15 is 0 Å². The third-order valence-electron chi connectivity index (χ3n) is 3.00. The maximum absolute atomic E-state index is 11.8. The fourth-order valence-electron chi connectivity index (χ4n) is 1.91. The molecule has 0 bridgehead atoms. The van der Waals surface area contributed by atoms with Crippen molar-refractivity contribution in [2.24, 2.45) is 0 Å². The Balaban J connectivity index is 2.17. The molecule has 0 amide bonds. The first-order valence-electron chi connectivity index (χ1n) is 6.58. The molecule has 98 valence electrons. The Morgan fingerprint density at radius 2 is 1.58 bits per heavy atom. The van der Waals surface area contributed by atoms with Crippen molar-refractivity contribution in [1.82, 2.24) is 0 Å². The van der Waals surface area contributed by atoms with Crippen LogP contribution >= 0.6 is 0 Å². The summed E-state index contributed by atoms with van der Waals surface area (Å²) in [6.45, 7) is 1.94. The van der Waals surface area contributed by atoms with Gasteiger partial charge < -0.3 is 0 Å². The molecule has 2 aromatic carbocycles. The number of rotatable bonds is 6. The predicted octanol–water partition coefficient (Wildman–Crippen LogP) is 3.13. The van der Waals surface area contributed by atoms with Crippen LogP contribution in [0.15, 0.2) is 60.7 Å². The molecule has 0 aliphatic carbocycles. The SMILES string of the molecule is CCC(=O)CC([Se]c1ccccc1)c1ccccc1. The van der Waals surface area contributed by atoms with Crippen LogP contribution in [0.25, 0.3) is 0 Å². The van der Waals surface area contributed by atoms with Crippen LogP contribution in [0.3, 0.4) is 0 Å². The van der Waals surface area contributed by atoms with Crippen LogP contribution in [-0.2, 0) is 4.79 Å². The van der Waals surface area contributed by atoms with Crippen LogP contribution in [0.5, 0.6) is 0 Å². The fourth-order valence-corrected chi connectivity index (χ4v) is 4.44. The molecule has 0 radical (unpaired) electrons. The zero-order valence-corrected chi connectivity index (χ0v) is 12.8. The van der Waals surface area contributed by atoms with Crippen LogP contribution in [0.4, 0.5) is 0 Å². The van der Waals surface area contributed by atoms with Gasteiger partial charge >= 0.3 is 121 Å². The molecule has 0 saturated heterocycles. The van der Waals surface area contributed by atoms with E-state index in [-0.39, 0.29) is 0 Å². The van der Waals surface area contributed by atoms with Gasteiger partial charge in [-0.1, -0.05) is 0 Å². The molecule has 2 heteroatoms. The summed E-state index contributed by atoms with van der Waals surface area (Å²) in [6.07, 6.45) is 1.30. The molecule has 0 heterocycles. The molecule has 1 atom stereocenters. The van der Waals surface area contributed by atoms with Crippen molar-refractivity contribution in [1.29, 1.82) is 0 Å². The van der Waals surface area contributed by atoms with Gasteiger partial charge in [-0.2, -0.15) is 0 Å². The molecule has 0 fully saturated rings. The molecule has 0 aromatic heterocycles. The van der Waals surface area contributed by atoms with Gasteiger partial charge in [0.2, 0.25) is 0 Å². The Morgan fingerprint density at radius 1 is 1.00 bits per heavy atom. The summed E-state index contributed by atoms with van der Waals surface area (Å²) in [5.41, 5.74) is 1.29. The Hall–Kier alpha value is -1.37. The zero-order valence-electron chi connectivity index (χ0n) is 11.1. The third-order valence-corrected chi connectivity index (χ3v) is 5.66. The topological polar surface area (TPSA) is 17.1 Å². The number of Topliss-reactive ketones (excluding diaryl/α,β-unsaturated/α-hetero) is 1. The van der Waals surface area contributed by atoms with Gasteiger partial charge in [-0.25, -0.2) is 0 Å². The molecule has 2 aromatic rings. The molecule has 1 nitrogen and oxygen atoms in total. The summed E-state index contributed by atoms with van der Waals surface area (Å²) < 4.78 is 1.35. The van der Waals surface area contributed by atoms with Gasteiger partial charge in [-0.05, 0) is 0 Å². The molecule has 0 N–H and O–H groups in total. The summed E-state index contributed by atoms with van der Waals surface area (Å²) in [5, 5.41) is 0. The Morgan fingerprint density at radius 3 is 2.16 bits per heavy atom. The molecule has 0 spiro atoms. The van der Waals surface area contributed by atoms with E-state index in [1.165, 1.54) is 10.0 Å². The molecule has 0 aliphatic heterocycles. The fraction of sp³-hybridized carbons (Fsp3) is 0.235. The van der Waals surface area contributed by atoms with Crippen LogP contribution in [0.2, 0.25) is 0 Å². The van der Waals surface area contributed by atoms with Crippen LogP contribution < -0.4 is 4.46 Å². The van der Waals surface area contributed by atoms with Crippen molar-refractivity contribution in [3.05, 3.63) is 66.2 Å². The quantitative estimate of drug-likeness (QED) is 0.748. The van der Waals surface area contributed by atoms with E-state index in [1.807, 2.05) is 19.1 Å². The Kier molecular flexibility index (Phi) is 5.38. The monoisotopic (exact) mass is 318 g/mol. The van der Waals surface area contributed by atoms with E-state index in [1.54, 1.807) is 0 Å². The van der Waals surface area contributed by atoms with Crippen molar-refractivity contribution in [3.63, 3.8) is 0 Å². The van der Waals surface area contributed by atoms with E-state index in [0.717, 1.165) is 0 Å². The molecule has 0 saturated carbocycles. The van der Waals surface area contributed by atoms with Crippen molar-refractivity contribution >= 4 is 25.2 Å². The van der Waals surface area contributed by atoms with Gasteiger partial charge in [-0.3, -0.25) is 0 Å². The van der Waals surface area contributed by atoms with Crippen molar-refractivity contribution in [3.8, 4) is 0 Å². The summed E-state index contributed by atoms with van der Waals surface area (Å²) in [7, 11) is 0. The van der Waals surface area contributed by atoms with Crippen LogP contribution in [0.1, 0.15) is 30.1 Å². The van der Waals surface area contributed by atoms with E-state index < -0.39 is 0 Å². The zero-order chi connectivity index (χ0) is 13.5. The van der Waals surface area contributed by atoms with E-state index in [4.69, 9.17) is 0 Å². The minimum atomic E-state index is 0.299. The van der Waals surface area contributed by atoms with Gasteiger partial charge in [0.05, 0.1) is 0 Å². The Labute approximate surface area is 121 Å². The van der Waals surface area contributed by atoms with Crippen molar-refractivity contribution < 1.29 is 4.79 Å². The predicted molar refractivity (Wildman–Crippen MR) is 80.9 cm³/mol. The Bertz CT molecular complexity index is 507. The van der Waals surface area contributed by atoms with Crippen LogP contribution in [-0.4, -0.2) is 20.7 Å². The average Bonchev–Trinajstić information content (AvgIpc) is 2.48. The normalized spacial score (nSPS) is 12.1. The van der Waals surface area contributed by atoms with E-state index in [9.17, 15) is 4.79 Å². The van der Waals surface area contributed by atoms with Crippen LogP contribution in [0, 0.1) is 0 Å². The van der Waals surface area contributed by atoms with Crippen molar-refractivity contribution in [2.45, 2.75) is 24.6 Å².